The number of piperidine rings is 1. The quantitative estimate of drug-likeness (QED) is 0.709. The fourth-order valence-electron chi connectivity index (χ4n) is 3.48. The Morgan fingerprint density at radius 1 is 1.08 bits per heavy atom. The van der Waals surface area contributed by atoms with Crippen LogP contribution in [0.15, 0.2) is 0 Å². The highest BCUT2D eigenvalue weighted by Gasteiger charge is 2.46. The van der Waals surface area contributed by atoms with Gasteiger partial charge in [0.15, 0.2) is 0 Å². The molecule has 2 heterocycles. The lowest BCUT2D eigenvalue weighted by atomic mass is 9.89. The van der Waals surface area contributed by atoms with E-state index in [0.29, 0.717) is 19.5 Å². The molecule has 0 aromatic rings. The molecular weight excluding hydrogens is 324 g/mol. The Bertz CT molecular complexity index is 552. The van der Waals surface area contributed by atoms with Gasteiger partial charge in [0.2, 0.25) is 5.91 Å². The van der Waals surface area contributed by atoms with Crippen LogP contribution in [-0.2, 0) is 23.9 Å². The Labute approximate surface area is 149 Å². The van der Waals surface area contributed by atoms with Crippen molar-refractivity contribution >= 4 is 17.8 Å². The minimum atomic E-state index is -0.849. The summed E-state index contributed by atoms with van der Waals surface area (Å²) in [6.07, 6.45) is 1.42. The monoisotopic (exact) mass is 354 g/mol. The van der Waals surface area contributed by atoms with E-state index in [1.807, 2.05) is 25.7 Å². The van der Waals surface area contributed by atoms with Crippen LogP contribution in [0, 0.1) is 5.92 Å². The number of esters is 2. The van der Waals surface area contributed by atoms with Gasteiger partial charge in [0.1, 0.15) is 11.1 Å². The molecule has 0 radical (unpaired) electrons. The molecule has 0 aromatic carbocycles. The molecule has 0 N–H and O–H groups in total. The van der Waals surface area contributed by atoms with Gasteiger partial charge in [-0.3, -0.25) is 19.3 Å². The number of nitrogens with zero attached hydrogens (tertiary/aromatic N) is 2. The second kappa shape index (κ2) is 6.94. The van der Waals surface area contributed by atoms with Crippen molar-refractivity contribution in [2.24, 2.45) is 5.92 Å². The standard InChI is InChI=1S/C18H30N2O5/c1-17(2,3)25-15(22)12-7-8-13-10-19(11-14(21)20(13)9-12)18(4,5)16(23)24-6/h12-13H,7-11H2,1-6H3/t12-,13+/m0/s1. The van der Waals surface area contributed by atoms with E-state index in [9.17, 15) is 14.4 Å². The van der Waals surface area contributed by atoms with Crippen LogP contribution in [0.1, 0.15) is 47.5 Å². The highest BCUT2D eigenvalue weighted by atomic mass is 16.6. The van der Waals surface area contributed by atoms with Crippen LogP contribution in [0.2, 0.25) is 0 Å². The first-order chi connectivity index (χ1) is 11.5. The predicted octanol–water partition coefficient (Wildman–Crippen LogP) is 1.20. The number of hydrogen-bond donors (Lipinski definition) is 0. The SMILES string of the molecule is COC(=O)C(C)(C)N1CC(=O)N2C[C@@H](C(=O)OC(C)(C)C)CC[C@@H]2C1. The molecule has 0 bridgehead atoms. The molecule has 0 spiro atoms. The molecule has 142 valence electrons. The maximum absolute atomic E-state index is 12.6. The third-order valence-corrected chi connectivity index (χ3v) is 5.00. The summed E-state index contributed by atoms with van der Waals surface area (Å²) < 4.78 is 10.3. The van der Waals surface area contributed by atoms with Crippen molar-refractivity contribution in [3.8, 4) is 0 Å². The van der Waals surface area contributed by atoms with Gasteiger partial charge in [0.05, 0.1) is 19.6 Å². The summed E-state index contributed by atoms with van der Waals surface area (Å²) in [7, 11) is 1.36. The molecule has 2 aliphatic rings. The summed E-state index contributed by atoms with van der Waals surface area (Å²) in [5.74, 6) is -0.923. The molecule has 2 aliphatic heterocycles. The molecule has 25 heavy (non-hydrogen) atoms. The zero-order valence-electron chi connectivity index (χ0n) is 16.1. The zero-order valence-corrected chi connectivity index (χ0v) is 16.1. The van der Waals surface area contributed by atoms with Gasteiger partial charge in [-0.25, -0.2) is 0 Å². The van der Waals surface area contributed by atoms with Gasteiger partial charge in [-0.2, -0.15) is 0 Å². The number of rotatable bonds is 3. The molecule has 2 saturated heterocycles. The third kappa shape index (κ3) is 4.32. The number of carbonyl (C=O) groups is 3. The first kappa shape index (κ1) is 19.7. The predicted molar refractivity (Wildman–Crippen MR) is 91.7 cm³/mol. The van der Waals surface area contributed by atoms with Crippen LogP contribution < -0.4 is 0 Å². The van der Waals surface area contributed by atoms with Gasteiger partial charge >= 0.3 is 11.9 Å². The molecule has 1 amide bonds. The lowest BCUT2D eigenvalue weighted by molar-refractivity contribution is -0.167. The summed E-state index contributed by atoms with van der Waals surface area (Å²) in [6.45, 7) is 10.2. The van der Waals surface area contributed by atoms with Crippen LogP contribution in [0.4, 0.5) is 0 Å². The van der Waals surface area contributed by atoms with Gasteiger partial charge in [-0.15, -0.1) is 0 Å². The molecule has 2 rings (SSSR count). The Hall–Kier alpha value is -1.63. The van der Waals surface area contributed by atoms with Gasteiger partial charge in [0, 0.05) is 19.1 Å². The molecule has 0 unspecified atom stereocenters. The lowest BCUT2D eigenvalue weighted by Crippen LogP contribution is -2.65. The number of methoxy groups -OCH3 is 1. The number of carbonyl (C=O) groups excluding carboxylic acids is 3. The average molecular weight is 354 g/mol. The highest BCUT2D eigenvalue weighted by Crippen LogP contribution is 2.30. The van der Waals surface area contributed by atoms with Crippen molar-refractivity contribution in [2.45, 2.75) is 64.6 Å². The highest BCUT2D eigenvalue weighted by molar-refractivity contribution is 5.84. The van der Waals surface area contributed by atoms with Crippen molar-refractivity contribution in [1.82, 2.24) is 9.80 Å². The molecule has 0 aliphatic carbocycles. The third-order valence-electron chi connectivity index (χ3n) is 5.00. The first-order valence-corrected chi connectivity index (χ1v) is 8.81. The van der Waals surface area contributed by atoms with Crippen LogP contribution in [0.5, 0.6) is 0 Å². The van der Waals surface area contributed by atoms with Crippen molar-refractivity contribution in [3.63, 3.8) is 0 Å². The second-order valence-corrected chi connectivity index (χ2v) is 8.44. The summed E-state index contributed by atoms with van der Waals surface area (Å²) >= 11 is 0. The molecule has 0 saturated carbocycles. The van der Waals surface area contributed by atoms with Crippen LogP contribution in [0.25, 0.3) is 0 Å². The Balaban J connectivity index is 2.04. The summed E-state index contributed by atoms with van der Waals surface area (Å²) in [4.78, 5) is 40.6. The maximum Gasteiger partial charge on any atom is 0.325 e. The number of ether oxygens (including phenoxy) is 2. The van der Waals surface area contributed by atoms with Crippen molar-refractivity contribution in [1.29, 1.82) is 0 Å². The molecule has 2 fully saturated rings. The second-order valence-electron chi connectivity index (χ2n) is 8.44. The normalized spacial score (nSPS) is 25.4. The number of fused-ring (bicyclic) bond motifs is 1. The lowest BCUT2D eigenvalue weighted by Gasteiger charge is -2.49. The van der Waals surface area contributed by atoms with E-state index in [1.54, 1.807) is 18.7 Å². The zero-order chi connectivity index (χ0) is 19.0. The van der Waals surface area contributed by atoms with E-state index >= 15 is 0 Å². The number of hydrogen-bond acceptors (Lipinski definition) is 6. The first-order valence-electron chi connectivity index (χ1n) is 8.81. The summed E-state index contributed by atoms with van der Waals surface area (Å²) in [6, 6.07) is 0.0175. The molecule has 7 nitrogen and oxygen atoms in total. The van der Waals surface area contributed by atoms with Crippen LogP contribution in [-0.4, -0.2) is 71.6 Å². The topological polar surface area (TPSA) is 76.2 Å². The van der Waals surface area contributed by atoms with Crippen LogP contribution in [0.3, 0.4) is 0 Å². The Morgan fingerprint density at radius 3 is 2.28 bits per heavy atom. The van der Waals surface area contributed by atoms with E-state index in [0.717, 1.165) is 6.42 Å². The van der Waals surface area contributed by atoms with Gasteiger partial charge in [0.25, 0.3) is 0 Å². The fourth-order valence-corrected chi connectivity index (χ4v) is 3.48. The largest absolute Gasteiger partial charge is 0.468 e. The average Bonchev–Trinajstić information content (AvgIpc) is 2.51. The van der Waals surface area contributed by atoms with Gasteiger partial charge < -0.3 is 14.4 Å². The van der Waals surface area contributed by atoms with E-state index in [1.165, 1.54) is 7.11 Å². The fraction of sp³-hybridized carbons (Fsp3) is 0.833. The van der Waals surface area contributed by atoms with Gasteiger partial charge in [-0.1, -0.05) is 0 Å². The number of amides is 1. The Morgan fingerprint density at radius 2 is 1.72 bits per heavy atom. The van der Waals surface area contributed by atoms with Crippen molar-refractivity contribution in [3.05, 3.63) is 0 Å². The Kier molecular flexibility index (Phi) is 5.47. The number of piperazine rings is 1. The molecule has 2 atom stereocenters. The van der Waals surface area contributed by atoms with E-state index in [-0.39, 0.29) is 36.4 Å². The molecule has 0 aromatic heterocycles. The minimum absolute atomic E-state index is 0.0175. The summed E-state index contributed by atoms with van der Waals surface area (Å²) in [5, 5.41) is 0. The summed E-state index contributed by atoms with van der Waals surface area (Å²) in [5.41, 5.74) is -1.38. The minimum Gasteiger partial charge on any atom is -0.468 e. The van der Waals surface area contributed by atoms with Crippen molar-refractivity contribution < 1.29 is 23.9 Å². The molecular formula is C18H30N2O5. The smallest absolute Gasteiger partial charge is 0.325 e. The molecule has 7 heteroatoms. The van der Waals surface area contributed by atoms with E-state index in [4.69, 9.17) is 9.47 Å². The van der Waals surface area contributed by atoms with E-state index < -0.39 is 11.1 Å². The van der Waals surface area contributed by atoms with Gasteiger partial charge in [-0.05, 0) is 47.5 Å². The van der Waals surface area contributed by atoms with Crippen LogP contribution >= 0.6 is 0 Å². The maximum atomic E-state index is 12.6. The van der Waals surface area contributed by atoms with Crippen molar-refractivity contribution in [2.75, 3.05) is 26.7 Å². The van der Waals surface area contributed by atoms with E-state index in [2.05, 4.69) is 0 Å².